The van der Waals surface area contributed by atoms with Crippen LogP contribution in [0.2, 0.25) is 0 Å². The van der Waals surface area contributed by atoms with Crippen LogP contribution in [0, 0.1) is 0 Å². The van der Waals surface area contributed by atoms with Crippen LogP contribution in [0.5, 0.6) is 5.75 Å². The number of hydrogen-bond donors (Lipinski definition) is 1. The third-order valence-corrected chi connectivity index (χ3v) is 3.22. The zero-order chi connectivity index (χ0) is 18.0. The number of aromatic nitrogens is 3. The van der Waals surface area contributed by atoms with Crippen molar-refractivity contribution in [2.24, 2.45) is 0 Å². The van der Waals surface area contributed by atoms with Gasteiger partial charge < -0.3 is 9.84 Å². The molecule has 0 saturated heterocycles. The Labute approximate surface area is 139 Å². The molecule has 6 nitrogen and oxygen atoms in total. The number of hydrogen-bond acceptors (Lipinski definition) is 4. The van der Waals surface area contributed by atoms with E-state index in [1.54, 1.807) is 12.1 Å². The van der Waals surface area contributed by atoms with Crippen molar-refractivity contribution in [1.82, 2.24) is 14.8 Å². The van der Waals surface area contributed by atoms with E-state index in [9.17, 15) is 18.0 Å². The molecule has 0 amide bonds. The van der Waals surface area contributed by atoms with Crippen molar-refractivity contribution in [2.45, 2.75) is 6.36 Å². The van der Waals surface area contributed by atoms with Crippen LogP contribution in [0.4, 0.5) is 13.2 Å². The molecule has 0 fully saturated rings. The average Bonchev–Trinajstić information content (AvgIpc) is 3.04. The maximum atomic E-state index is 12.1. The predicted molar refractivity (Wildman–Crippen MR) is 80.4 cm³/mol. The lowest BCUT2D eigenvalue weighted by Gasteiger charge is -2.09. The molecule has 0 aliphatic carbocycles. The van der Waals surface area contributed by atoms with Crippen molar-refractivity contribution in [1.29, 1.82) is 0 Å². The van der Waals surface area contributed by atoms with Gasteiger partial charge in [0.2, 0.25) is 0 Å². The van der Waals surface area contributed by atoms with E-state index in [1.165, 1.54) is 47.4 Å². The molecule has 128 valence electrons. The van der Waals surface area contributed by atoms with Gasteiger partial charge in [0.15, 0.2) is 5.82 Å². The number of carboxylic acid groups (broad SMARTS) is 1. The second kappa shape index (κ2) is 6.27. The van der Waals surface area contributed by atoms with E-state index in [0.717, 1.165) is 0 Å². The maximum Gasteiger partial charge on any atom is 0.573 e. The number of ether oxygens (including phenoxy) is 1. The molecule has 0 aliphatic rings. The molecule has 0 spiro atoms. The van der Waals surface area contributed by atoms with Crippen LogP contribution in [0.1, 0.15) is 10.4 Å². The average molecular weight is 349 g/mol. The molecule has 1 heterocycles. The zero-order valence-electron chi connectivity index (χ0n) is 12.4. The summed E-state index contributed by atoms with van der Waals surface area (Å²) in [6, 6.07) is 11.2. The second-order valence-corrected chi connectivity index (χ2v) is 4.94. The molecular formula is C16H10F3N3O3. The summed E-state index contributed by atoms with van der Waals surface area (Å²) in [7, 11) is 0. The summed E-state index contributed by atoms with van der Waals surface area (Å²) in [5.74, 6) is -1.01. The molecule has 3 aromatic rings. The third kappa shape index (κ3) is 3.94. The molecule has 25 heavy (non-hydrogen) atoms. The van der Waals surface area contributed by atoms with Crippen LogP contribution in [0.3, 0.4) is 0 Å². The highest BCUT2D eigenvalue weighted by Crippen LogP contribution is 2.24. The molecule has 0 atom stereocenters. The Morgan fingerprint density at radius 2 is 1.68 bits per heavy atom. The predicted octanol–water partition coefficient (Wildman–Crippen LogP) is 3.53. The Kier molecular flexibility index (Phi) is 4.14. The Morgan fingerprint density at radius 3 is 2.24 bits per heavy atom. The summed E-state index contributed by atoms with van der Waals surface area (Å²) < 4.78 is 41.6. The molecule has 1 aromatic heterocycles. The highest BCUT2D eigenvalue weighted by molar-refractivity contribution is 5.88. The number of carbonyl (C=O) groups is 1. The standard InChI is InChI=1S/C16H10F3N3O3/c17-16(18,19)25-13-7-5-12(6-8-13)22-9-20-14(21-22)10-1-3-11(4-2-10)15(23)24/h1-9H,(H,23,24). The van der Waals surface area contributed by atoms with E-state index < -0.39 is 12.3 Å². The van der Waals surface area contributed by atoms with E-state index in [0.29, 0.717) is 17.1 Å². The topological polar surface area (TPSA) is 77.2 Å². The monoisotopic (exact) mass is 349 g/mol. The summed E-state index contributed by atoms with van der Waals surface area (Å²) in [5.41, 5.74) is 1.25. The zero-order valence-corrected chi connectivity index (χ0v) is 12.4. The third-order valence-electron chi connectivity index (χ3n) is 3.22. The number of rotatable bonds is 4. The Hall–Kier alpha value is -3.36. The molecule has 3 rings (SSSR count). The fraction of sp³-hybridized carbons (Fsp3) is 0.0625. The molecule has 9 heteroatoms. The number of alkyl halides is 3. The Morgan fingerprint density at radius 1 is 1.04 bits per heavy atom. The molecule has 0 radical (unpaired) electrons. The van der Waals surface area contributed by atoms with Gasteiger partial charge in [-0.1, -0.05) is 12.1 Å². The van der Waals surface area contributed by atoms with Gasteiger partial charge in [-0.15, -0.1) is 18.3 Å². The summed E-state index contributed by atoms with van der Waals surface area (Å²) >= 11 is 0. The highest BCUT2D eigenvalue weighted by Gasteiger charge is 2.30. The van der Waals surface area contributed by atoms with Crippen LogP contribution in [-0.4, -0.2) is 32.2 Å². The van der Waals surface area contributed by atoms with Crippen molar-refractivity contribution in [3.05, 3.63) is 60.4 Å². The maximum absolute atomic E-state index is 12.1. The van der Waals surface area contributed by atoms with Crippen molar-refractivity contribution in [2.75, 3.05) is 0 Å². The van der Waals surface area contributed by atoms with E-state index >= 15 is 0 Å². The van der Waals surface area contributed by atoms with Crippen molar-refractivity contribution in [3.63, 3.8) is 0 Å². The minimum absolute atomic E-state index is 0.142. The first kappa shape index (κ1) is 16.5. The summed E-state index contributed by atoms with van der Waals surface area (Å²) in [4.78, 5) is 14.9. The number of benzene rings is 2. The smallest absolute Gasteiger partial charge is 0.478 e. The first-order valence-electron chi connectivity index (χ1n) is 6.93. The van der Waals surface area contributed by atoms with Crippen LogP contribution in [0.25, 0.3) is 17.1 Å². The summed E-state index contributed by atoms with van der Waals surface area (Å²) in [5, 5.41) is 13.1. The summed E-state index contributed by atoms with van der Waals surface area (Å²) in [6.45, 7) is 0. The van der Waals surface area contributed by atoms with E-state index in [1.807, 2.05) is 0 Å². The number of nitrogens with zero attached hydrogens (tertiary/aromatic N) is 3. The minimum Gasteiger partial charge on any atom is -0.478 e. The first-order chi connectivity index (χ1) is 11.8. The molecular weight excluding hydrogens is 339 g/mol. The van der Waals surface area contributed by atoms with Gasteiger partial charge in [-0.05, 0) is 36.4 Å². The number of aromatic carboxylic acids is 1. The quantitative estimate of drug-likeness (QED) is 0.780. The largest absolute Gasteiger partial charge is 0.573 e. The molecule has 0 unspecified atom stereocenters. The van der Waals surface area contributed by atoms with Crippen LogP contribution in [-0.2, 0) is 0 Å². The van der Waals surface area contributed by atoms with E-state index in [-0.39, 0.29) is 11.3 Å². The minimum atomic E-state index is -4.75. The SMILES string of the molecule is O=C(O)c1ccc(-c2ncn(-c3ccc(OC(F)(F)F)cc3)n2)cc1. The van der Waals surface area contributed by atoms with Gasteiger partial charge >= 0.3 is 12.3 Å². The molecule has 0 saturated carbocycles. The van der Waals surface area contributed by atoms with Crippen LogP contribution < -0.4 is 4.74 Å². The molecule has 1 N–H and O–H groups in total. The molecule has 0 bridgehead atoms. The van der Waals surface area contributed by atoms with Crippen molar-refractivity contribution >= 4 is 5.97 Å². The normalized spacial score (nSPS) is 11.3. The van der Waals surface area contributed by atoms with Gasteiger partial charge in [0, 0.05) is 5.56 Å². The Bertz CT molecular complexity index is 887. The molecule has 2 aromatic carbocycles. The van der Waals surface area contributed by atoms with Crippen LogP contribution in [0.15, 0.2) is 54.9 Å². The van der Waals surface area contributed by atoms with Crippen LogP contribution >= 0.6 is 0 Å². The lowest BCUT2D eigenvalue weighted by molar-refractivity contribution is -0.274. The van der Waals surface area contributed by atoms with Gasteiger partial charge in [-0.2, -0.15) is 0 Å². The fourth-order valence-electron chi connectivity index (χ4n) is 2.08. The summed E-state index contributed by atoms with van der Waals surface area (Å²) in [6.07, 6.45) is -3.34. The van der Waals surface area contributed by atoms with Crippen molar-refractivity contribution < 1.29 is 27.8 Å². The molecule has 0 aliphatic heterocycles. The van der Waals surface area contributed by atoms with E-state index in [2.05, 4.69) is 14.8 Å². The lowest BCUT2D eigenvalue weighted by atomic mass is 10.1. The lowest BCUT2D eigenvalue weighted by Crippen LogP contribution is -2.17. The van der Waals surface area contributed by atoms with Gasteiger partial charge in [0.05, 0.1) is 11.3 Å². The fourth-order valence-corrected chi connectivity index (χ4v) is 2.08. The number of carboxylic acids is 1. The van der Waals surface area contributed by atoms with E-state index in [4.69, 9.17) is 5.11 Å². The highest BCUT2D eigenvalue weighted by atomic mass is 19.4. The van der Waals surface area contributed by atoms with Gasteiger partial charge in [-0.25, -0.2) is 14.5 Å². The Balaban J connectivity index is 1.80. The second-order valence-electron chi connectivity index (χ2n) is 4.94. The first-order valence-corrected chi connectivity index (χ1v) is 6.93. The van der Waals surface area contributed by atoms with Gasteiger partial charge in [0.25, 0.3) is 0 Å². The van der Waals surface area contributed by atoms with Crippen molar-refractivity contribution in [3.8, 4) is 22.8 Å². The number of halogens is 3. The van der Waals surface area contributed by atoms with Gasteiger partial charge in [-0.3, -0.25) is 0 Å². The van der Waals surface area contributed by atoms with Gasteiger partial charge in [0.1, 0.15) is 12.1 Å².